The number of hydrogen-bond donors (Lipinski definition) is 3. The molecule has 268 valence electrons. The first-order chi connectivity index (χ1) is 25.4. The third kappa shape index (κ3) is 5.41. The van der Waals surface area contributed by atoms with Gasteiger partial charge >= 0.3 is 0 Å². The second-order valence-electron chi connectivity index (χ2n) is 17.0. The van der Waals surface area contributed by atoms with Crippen LogP contribution >= 0.6 is 0 Å². The number of aromatic amines is 1. The van der Waals surface area contributed by atoms with Gasteiger partial charge in [-0.15, -0.1) is 0 Å². The van der Waals surface area contributed by atoms with Gasteiger partial charge in [0.25, 0.3) is 0 Å². The number of benzene rings is 3. The molecule has 3 aromatic carbocycles. The maximum absolute atomic E-state index is 14.8. The molecule has 0 radical (unpaired) electrons. The molecule has 8 nitrogen and oxygen atoms in total. The predicted molar refractivity (Wildman–Crippen MR) is 208 cm³/mol. The van der Waals surface area contributed by atoms with Gasteiger partial charge in [0, 0.05) is 64.7 Å². The Kier molecular flexibility index (Phi) is 7.56. The van der Waals surface area contributed by atoms with Crippen molar-refractivity contribution in [2.75, 3.05) is 10.6 Å². The topological polar surface area (TPSA) is 105 Å². The molecule has 0 saturated carbocycles. The number of carbonyl (C=O) groups excluding carboxylic acids is 2. The first-order valence-electron chi connectivity index (χ1n) is 18.8. The molecule has 4 aliphatic rings. The molecule has 2 aliphatic carbocycles. The van der Waals surface area contributed by atoms with Crippen molar-refractivity contribution in [3.63, 3.8) is 0 Å². The molecule has 53 heavy (non-hydrogen) atoms. The van der Waals surface area contributed by atoms with Crippen LogP contribution in [0.3, 0.4) is 0 Å². The number of fused-ring (bicyclic) bond motifs is 2. The highest BCUT2D eigenvalue weighted by molar-refractivity contribution is 6.04. The quantitative estimate of drug-likeness (QED) is 0.163. The summed E-state index contributed by atoms with van der Waals surface area (Å²) in [6.07, 6.45) is 3.13. The lowest BCUT2D eigenvalue weighted by molar-refractivity contribution is -0.119. The number of rotatable bonds is 6. The number of allylic oxidation sites excluding steroid dienone is 4. The average molecular weight is 703 g/mol. The summed E-state index contributed by atoms with van der Waals surface area (Å²) in [5, 5.41) is 20.7. The zero-order valence-electron chi connectivity index (χ0n) is 31.1. The maximum Gasteiger partial charge on any atom is 0.162 e. The Morgan fingerprint density at radius 2 is 1.42 bits per heavy atom. The van der Waals surface area contributed by atoms with Crippen molar-refractivity contribution < 1.29 is 9.59 Å². The normalized spacial score (nSPS) is 24.5. The van der Waals surface area contributed by atoms with Crippen molar-refractivity contribution in [2.45, 2.75) is 84.6 Å². The molecule has 8 heteroatoms. The molecule has 3 atom stereocenters. The van der Waals surface area contributed by atoms with Crippen LogP contribution in [0.4, 0.5) is 11.6 Å². The first-order valence-corrected chi connectivity index (χ1v) is 18.8. The number of H-pyrrole nitrogens is 1. The van der Waals surface area contributed by atoms with Crippen LogP contribution < -0.4 is 10.6 Å². The van der Waals surface area contributed by atoms with Crippen LogP contribution in [0.2, 0.25) is 0 Å². The maximum atomic E-state index is 14.8. The van der Waals surface area contributed by atoms with Crippen molar-refractivity contribution in [2.24, 2.45) is 10.8 Å². The number of nitrogens with one attached hydrogen (secondary N) is 3. The van der Waals surface area contributed by atoms with Crippen molar-refractivity contribution >= 4 is 23.2 Å². The van der Waals surface area contributed by atoms with E-state index in [0.29, 0.717) is 25.8 Å². The summed E-state index contributed by atoms with van der Waals surface area (Å²) in [5.74, 6) is 1.87. The molecule has 2 aromatic heterocycles. The van der Waals surface area contributed by atoms with E-state index in [1.54, 1.807) is 0 Å². The lowest BCUT2D eigenvalue weighted by Gasteiger charge is -2.45. The van der Waals surface area contributed by atoms with Gasteiger partial charge in [0.1, 0.15) is 0 Å². The van der Waals surface area contributed by atoms with Gasteiger partial charge in [-0.3, -0.25) is 19.4 Å². The summed E-state index contributed by atoms with van der Waals surface area (Å²) >= 11 is 0. The van der Waals surface area contributed by atoms with E-state index in [2.05, 4.69) is 104 Å². The predicted octanol–water partition coefficient (Wildman–Crippen LogP) is 9.03. The molecule has 0 bridgehead atoms. The molecule has 4 heterocycles. The molecule has 3 N–H and O–H groups in total. The van der Waals surface area contributed by atoms with Gasteiger partial charge in [-0.05, 0) is 60.6 Å². The highest BCUT2D eigenvalue weighted by Gasteiger charge is 2.51. The first kappa shape index (κ1) is 33.3. The van der Waals surface area contributed by atoms with Gasteiger partial charge < -0.3 is 10.6 Å². The van der Waals surface area contributed by atoms with Crippen molar-refractivity contribution in [1.29, 1.82) is 0 Å². The SMILES string of the molecule is Cc1c2c(nn1CC1(C)CC(=O)C3=C(C1)Nc1n[nH]c(-c4ccccc4)c1C3(C)c1ccccc1)NC1=C(C(=O)CC(C)(C)C1)C2Cc1ccccc1. The van der Waals surface area contributed by atoms with Crippen LogP contribution in [-0.4, -0.2) is 31.5 Å². The summed E-state index contributed by atoms with van der Waals surface area (Å²) in [7, 11) is 0. The van der Waals surface area contributed by atoms with Gasteiger partial charge in [0.15, 0.2) is 23.2 Å². The zero-order chi connectivity index (χ0) is 36.7. The van der Waals surface area contributed by atoms with Crippen molar-refractivity contribution in [3.05, 3.63) is 141 Å². The second-order valence-corrected chi connectivity index (χ2v) is 17.0. The van der Waals surface area contributed by atoms with E-state index >= 15 is 0 Å². The Labute approximate surface area is 310 Å². The van der Waals surface area contributed by atoms with Crippen LogP contribution in [0.1, 0.15) is 87.2 Å². The van der Waals surface area contributed by atoms with Gasteiger partial charge in [0.05, 0.1) is 11.1 Å². The number of Topliss-reactive ketones (excluding diaryl/α,β-unsaturated/α-hetero) is 2. The van der Waals surface area contributed by atoms with E-state index in [1.807, 2.05) is 42.5 Å². The molecule has 0 amide bonds. The van der Waals surface area contributed by atoms with E-state index in [9.17, 15) is 9.59 Å². The highest BCUT2D eigenvalue weighted by atomic mass is 16.1. The third-order valence-corrected chi connectivity index (χ3v) is 12.2. The second kappa shape index (κ2) is 12.0. The van der Waals surface area contributed by atoms with Crippen molar-refractivity contribution in [3.8, 4) is 11.3 Å². The number of ketones is 2. The van der Waals surface area contributed by atoms with Crippen LogP contribution in [0, 0.1) is 17.8 Å². The Morgan fingerprint density at radius 1 is 0.755 bits per heavy atom. The van der Waals surface area contributed by atoms with Gasteiger partial charge in [-0.1, -0.05) is 112 Å². The standard InChI is InChI=1S/C45H46N6O2/c1-27-36-31(21-28-15-9-6-10-16-28)37-32(22-43(2,3)24-34(37)52)46-41(36)50-51(27)26-44(4)23-33-38(35(53)25-44)45(5,30-19-13-8-14-20-30)39-40(48-49-42(39)47-33)29-17-11-7-12-18-29/h6-20,31H,21-26H2,1-5H3,(H,46,50)(H2,47,48,49). The molecule has 2 aliphatic heterocycles. The Hall–Kier alpha value is -5.50. The summed E-state index contributed by atoms with van der Waals surface area (Å²) in [4.78, 5) is 28.6. The largest absolute Gasteiger partial charge is 0.342 e. The molecule has 3 unspecified atom stereocenters. The van der Waals surface area contributed by atoms with E-state index < -0.39 is 10.8 Å². The number of hydrogen-bond acceptors (Lipinski definition) is 6. The summed E-state index contributed by atoms with van der Waals surface area (Å²) in [5.41, 5.74) is 9.73. The number of aromatic nitrogens is 4. The molecule has 5 aromatic rings. The fourth-order valence-electron chi connectivity index (χ4n) is 9.86. The molecule has 9 rings (SSSR count). The van der Waals surface area contributed by atoms with E-state index in [4.69, 9.17) is 10.2 Å². The Morgan fingerprint density at radius 3 is 2.13 bits per heavy atom. The molecule has 0 saturated heterocycles. The minimum absolute atomic E-state index is 0.0837. The van der Waals surface area contributed by atoms with Crippen LogP contribution in [0.15, 0.2) is 114 Å². The number of nitrogens with zero attached hydrogens (tertiary/aromatic N) is 3. The highest BCUT2D eigenvalue weighted by Crippen LogP contribution is 2.55. The summed E-state index contributed by atoms with van der Waals surface area (Å²) in [6, 6.07) is 31.0. The molecule has 0 fully saturated rings. The van der Waals surface area contributed by atoms with Gasteiger partial charge in [-0.25, -0.2) is 0 Å². The van der Waals surface area contributed by atoms with Gasteiger partial charge in [-0.2, -0.15) is 10.2 Å². The Bertz CT molecular complexity index is 2350. The zero-order valence-corrected chi connectivity index (χ0v) is 31.1. The average Bonchev–Trinajstić information content (AvgIpc) is 3.69. The lowest BCUT2D eigenvalue weighted by Crippen LogP contribution is -2.44. The van der Waals surface area contributed by atoms with E-state index in [-0.39, 0.29) is 22.9 Å². The fraction of sp³-hybridized carbons (Fsp3) is 0.333. The smallest absolute Gasteiger partial charge is 0.162 e. The lowest BCUT2D eigenvalue weighted by atomic mass is 9.61. The number of carbonyl (C=O) groups is 2. The molecular formula is C45H46N6O2. The Balaban J connectivity index is 1.10. The van der Waals surface area contributed by atoms with Gasteiger partial charge in [0.2, 0.25) is 0 Å². The monoisotopic (exact) mass is 702 g/mol. The summed E-state index contributed by atoms with van der Waals surface area (Å²) in [6.45, 7) is 11.4. The van der Waals surface area contributed by atoms with Crippen LogP contribution in [-0.2, 0) is 28.0 Å². The number of anilines is 2. The van der Waals surface area contributed by atoms with E-state index in [1.165, 1.54) is 5.56 Å². The fourth-order valence-corrected chi connectivity index (χ4v) is 9.86. The van der Waals surface area contributed by atoms with Crippen molar-refractivity contribution in [1.82, 2.24) is 20.0 Å². The molecule has 0 spiro atoms. The molecular weight excluding hydrogens is 657 g/mol. The minimum atomic E-state index is -0.714. The van der Waals surface area contributed by atoms with E-state index in [0.717, 1.165) is 80.7 Å². The van der Waals surface area contributed by atoms with Crippen LogP contribution in [0.25, 0.3) is 11.3 Å². The minimum Gasteiger partial charge on any atom is -0.342 e. The third-order valence-electron chi connectivity index (χ3n) is 12.2. The van der Waals surface area contributed by atoms with Crippen LogP contribution in [0.5, 0.6) is 0 Å². The summed E-state index contributed by atoms with van der Waals surface area (Å²) < 4.78 is 2.09.